The zero-order valence-corrected chi connectivity index (χ0v) is 10.7. The summed E-state index contributed by atoms with van der Waals surface area (Å²) in [5.74, 6) is -0.278. The summed E-state index contributed by atoms with van der Waals surface area (Å²) in [6, 6.07) is 1.30. The van der Waals surface area contributed by atoms with Gasteiger partial charge in [-0.15, -0.1) is 0 Å². The summed E-state index contributed by atoms with van der Waals surface area (Å²) in [4.78, 5) is 0. The molecule has 0 amide bonds. The van der Waals surface area contributed by atoms with E-state index in [0.29, 0.717) is 10.9 Å². The van der Waals surface area contributed by atoms with Crippen LogP contribution in [0.3, 0.4) is 0 Å². The lowest BCUT2D eigenvalue weighted by Crippen LogP contribution is -2.29. The van der Waals surface area contributed by atoms with E-state index in [9.17, 15) is 10.2 Å². The third kappa shape index (κ3) is 1.46. The number of furan rings is 1. The van der Waals surface area contributed by atoms with Crippen LogP contribution in [0.4, 0.5) is 0 Å². The van der Waals surface area contributed by atoms with Crippen molar-refractivity contribution < 1.29 is 14.6 Å². The first-order chi connectivity index (χ1) is 9.34. The maximum atomic E-state index is 10.1. The molecule has 3 aromatic rings. The predicted octanol–water partition coefficient (Wildman–Crippen LogP) is -1.52. The van der Waals surface area contributed by atoms with Gasteiger partial charge in [0.25, 0.3) is 0 Å². The number of aromatic hydroxyl groups is 2. The highest BCUT2D eigenvalue weighted by Gasteiger charge is 2.20. The van der Waals surface area contributed by atoms with Crippen molar-refractivity contribution in [2.45, 2.75) is 6.92 Å². The highest BCUT2D eigenvalue weighted by Crippen LogP contribution is 2.36. The van der Waals surface area contributed by atoms with Gasteiger partial charge in [-0.05, 0) is 18.6 Å². The van der Waals surface area contributed by atoms with Crippen molar-refractivity contribution in [1.29, 1.82) is 0 Å². The van der Waals surface area contributed by atoms with E-state index < -0.39 is 0 Å². The van der Waals surface area contributed by atoms with Gasteiger partial charge in [0.05, 0.1) is 5.39 Å². The van der Waals surface area contributed by atoms with Crippen LogP contribution in [0.5, 0.6) is 11.5 Å². The summed E-state index contributed by atoms with van der Waals surface area (Å²) in [7, 11) is 23.4. The molecule has 0 aliphatic heterocycles. The highest BCUT2D eigenvalue weighted by molar-refractivity contribution is 6.57. The second kappa shape index (κ2) is 4.05. The van der Waals surface area contributed by atoms with Crippen LogP contribution in [-0.4, -0.2) is 41.6 Å². The number of hydrogen-bond acceptors (Lipinski definition) is 3. The molecule has 0 fully saturated rings. The standard InChI is InChI=1S/C13H6B4O3/c1-3-8(15)10(17)7-6-5(18)2-4(14)9(16)12(6)20-13(7)11(3)19/h2,18-19H,1H3. The van der Waals surface area contributed by atoms with E-state index in [1.165, 1.54) is 6.07 Å². The third-order valence-corrected chi connectivity index (χ3v) is 3.55. The highest BCUT2D eigenvalue weighted by atomic mass is 16.4. The maximum Gasteiger partial charge on any atom is 0.176 e. The Kier molecular flexibility index (Phi) is 2.65. The Morgan fingerprint density at radius 3 is 2.20 bits per heavy atom. The van der Waals surface area contributed by atoms with E-state index in [1.54, 1.807) is 6.92 Å². The molecule has 0 atom stereocenters. The van der Waals surface area contributed by atoms with E-state index in [0.717, 1.165) is 0 Å². The van der Waals surface area contributed by atoms with Crippen LogP contribution in [0.25, 0.3) is 21.9 Å². The second-order valence-corrected chi connectivity index (χ2v) is 4.71. The van der Waals surface area contributed by atoms with Gasteiger partial charge < -0.3 is 14.6 Å². The van der Waals surface area contributed by atoms with E-state index in [1.807, 2.05) is 0 Å². The summed E-state index contributed by atoms with van der Waals surface area (Å²) in [6.07, 6.45) is 0. The average Bonchev–Trinajstić information content (AvgIpc) is 2.81. The van der Waals surface area contributed by atoms with Crippen LogP contribution in [0.15, 0.2) is 10.5 Å². The van der Waals surface area contributed by atoms with Gasteiger partial charge in [0, 0.05) is 5.39 Å². The van der Waals surface area contributed by atoms with Crippen molar-refractivity contribution in [1.82, 2.24) is 0 Å². The van der Waals surface area contributed by atoms with Crippen LogP contribution in [0, 0.1) is 6.92 Å². The fraction of sp³-hybridized carbons (Fsp3) is 0.0769. The van der Waals surface area contributed by atoms with Crippen LogP contribution in [0.1, 0.15) is 5.56 Å². The van der Waals surface area contributed by atoms with Crippen LogP contribution in [-0.2, 0) is 0 Å². The maximum absolute atomic E-state index is 10.1. The molecule has 0 bridgehead atoms. The molecular weight excluding hydrogens is 247 g/mol. The second-order valence-electron chi connectivity index (χ2n) is 4.71. The van der Waals surface area contributed by atoms with Gasteiger partial charge in [-0.2, -0.15) is 0 Å². The number of rotatable bonds is 0. The van der Waals surface area contributed by atoms with Gasteiger partial charge in [-0.25, -0.2) is 0 Å². The first-order valence-corrected chi connectivity index (χ1v) is 5.84. The smallest absolute Gasteiger partial charge is 0.176 e. The molecule has 8 radical (unpaired) electrons. The molecule has 7 heteroatoms. The lowest BCUT2D eigenvalue weighted by molar-refractivity contribution is 0.465. The number of benzene rings is 2. The van der Waals surface area contributed by atoms with Crippen molar-refractivity contribution in [2.24, 2.45) is 0 Å². The Bertz CT molecular complexity index is 883. The van der Waals surface area contributed by atoms with Crippen molar-refractivity contribution >= 4 is 75.2 Å². The Labute approximate surface area is 120 Å². The monoisotopic (exact) mass is 254 g/mol. The first-order valence-electron chi connectivity index (χ1n) is 5.84. The fourth-order valence-electron chi connectivity index (χ4n) is 2.35. The lowest BCUT2D eigenvalue weighted by atomic mass is 9.74. The van der Waals surface area contributed by atoms with Crippen molar-refractivity contribution in [3.05, 3.63) is 11.6 Å². The van der Waals surface area contributed by atoms with Gasteiger partial charge >= 0.3 is 0 Å². The molecule has 2 aromatic carbocycles. The Morgan fingerprint density at radius 2 is 1.55 bits per heavy atom. The molecule has 0 saturated carbocycles. The summed E-state index contributed by atoms with van der Waals surface area (Å²) < 4.78 is 5.54. The van der Waals surface area contributed by atoms with E-state index in [2.05, 4.69) is 0 Å². The zero-order chi connectivity index (χ0) is 14.8. The minimum Gasteiger partial charge on any atom is -0.507 e. The zero-order valence-electron chi connectivity index (χ0n) is 10.7. The first kappa shape index (κ1) is 13.1. The predicted molar refractivity (Wildman–Crippen MR) is 83.3 cm³/mol. The fourth-order valence-corrected chi connectivity index (χ4v) is 2.35. The van der Waals surface area contributed by atoms with Gasteiger partial charge in [-0.1, -0.05) is 21.9 Å². The molecule has 3 rings (SSSR count). The summed E-state index contributed by atoms with van der Waals surface area (Å²) >= 11 is 0. The molecule has 0 unspecified atom stereocenters. The van der Waals surface area contributed by atoms with Gasteiger partial charge in [0.15, 0.2) is 11.3 Å². The Hall–Kier alpha value is -1.90. The molecule has 1 aromatic heterocycles. The lowest BCUT2D eigenvalue weighted by Gasteiger charge is -2.09. The number of phenolic OH excluding ortho intramolecular Hbond substituents is 2. The molecule has 2 N–H and O–H groups in total. The Balaban J connectivity index is 2.71. The van der Waals surface area contributed by atoms with Crippen LogP contribution in [0.2, 0.25) is 0 Å². The third-order valence-electron chi connectivity index (χ3n) is 3.55. The molecular formula is C13H6B4O3. The molecule has 0 aliphatic carbocycles. The Morgan fingerprint density at radius 1 is 0.900 bits per heavy atom. The van der Waals surface area contributed by atoms with E-state index >= 15 is 0 Å². The SMILES string of the molecule is [B]c1cc(O)c2c(oc3c(O)c(C)c([B])c([B])c32)c1[B]. The number of phenols is 2. The molecule has 1 heterocycles. The van der Waals surface area contributed by atoms with Crippen molar-refractivity contribution in [2.75, 3.05) is 0 Å². The van der Waals surface area contributed by atoms with Gasteiger partial charge in [-0.3, -0.25) is 0 Å². The largest absolute Gasteiger partial charge is 0.507 e. The number of hydrogen-bond donors (Lipinski definition) is 2. The molecule has 0 aliphatic rings. The topological polar surface area (TPSA) is 53.6 Å². The summed E-state index contributed by atoms with van der Waals surface area (Å²) in [5, 5.41) is 20.8. The van der Waals surface area contributed by atoms with Crippen molar-refractivity contribution in [3.63, 3.8) is 0 Å². The van der Waals surface area contributed by atoms with Crippen LogP contribution < -0.4 is 21.9 Å². The number of fused-ring (bicyclic) bond motifs is 3. The van der Waals surface area contributed by atoms with Crippen LogP contribution >= 0.6 is 0 Å². The summed E-state index contributed by atoms with van der Waals surface area (Å²) in [6.45, 7) is 1.62. The van der Waals surface area contributed by atoms with E-state index in [-0.39, 0.29) is 49.9 Å². The molecule has 0 spiro atoms. The normalized spacial score (nSPS) is 11.4. The molecule has 88 valence electrons. The molecule has 0 saturated heterocycles. The van der Waals surface area contributed by atoms with E-state index in [4.69, 9.17) is 35.8 Å². The van der Waals surface area contributed by atoms with Crippen molar-refractivity contribution in [3.8, 4) is 11.5 Å². The summed E-state index contributed by atoms with van der Waals surface area (Å²) in [5.41, 5.74) is 1.49. The molecule has 20 heavy (non-hydrogen) atoms. The molecule has 3 nitrogen and oxygen atoms in total. The quantitative estimate of drug-likeness (QED) is 0.479. The minimum absolute atomic E-state index is 0.122. The van der Waals surface area contributed by atoms with Gasteiger partial charge in [0.1, 0.15) is 42.7 Å². The minimum atomic E-state index is -0.139. The average molecular weight is 253 g/mol. The van der Waals surface area contributed by atoms with Gasteiger partial charge in [0.2, 0.25) is 0 Å².